The first-order valence-electron chi connectivity index (χ1n) is 7.36. The zero-order valence-electron chi connectivity index (χ0n) is 13.4. The number of sulfonamides is 1. The summed E-state index contributed by atoms with van der Waals surface area (Å²) in [6, 6.07) is 1.67. The summed E-state index contributed by atoms with van der Waals surface area (Å²) in [4.78, 5) is 12.7. The van der Waals surface area contributed by atoms with E-state index in [1.54, 1.807) is 17.7 Å². The fourth-order valence-corrected chi connectivity index (χ4v) is 4.79. The van der Waals surface area contributed by atoms with Crippen LogP contribution >= 0.6 is 0 Å². The van der Waals surface area contributed by atoms with Crippen molar-refractivity contribution in [2.45, 2.75) is 37.3 Å². The SMILES string of the molecule is Cc1cc(N)nc([C@@]2(C)CCCN2S(=O)(=O)c2cn(C)cn2)n1. The highest BCUT2D eigenvalue weighted by atomic mass is 32.2. The number of nitrogen functional groups attached to an aromatic ring is 1. The monoisotopic (exact) mass is 336 g/mol. The third-order valence-corrected chi connectivity index (χ3v) is 6.07. The highest BCUT2D eigenvalue weighted by Gasteiger charge is 2.48. The molecular formula is C14H20N6O2S. The maximum absolute atomic E-state index is 13.0. The van der Waals surface area contributed by atoms with Crippen molar-refractivity contribution in [2.75, 3.05) is 12.3 Å². The lowest BCUT2D eigenvalue weighted by atomic mass is 9.99. The standard InChI is InChI=1S/C14H20N6O2S/c1-10-7-11(15)18-13(17-10)14(2)5-4-6-20(14)23(21,22)12-8-19(3)9-16-12/h7-9H,4-6H2,1-3H3,(H2,15,17,18)/t14-/m1/s1. The minimum atomic E-state index is -3.72. The van der Waals surface area contributed by atoms with E-state index in [9.17, 15) is 8.42 Å². The molecule has 0 aliphatic carbocycles. The predicted molar refractivity (Wildman–Crippen MR) is 84.9 cm³/mol. The Morgan fingerprint density at radius 3 is 2.70 bits per heavy atom. The van der Waals surface area contributed by atoms with E-state index in [0.717, 1.165) is 12.1 Å². The number of anilines is 1. The third kappa shape index (κ3) is 2.59. The fraction of sp³-hybridized carbons (Fsp3) is 0.500. The van der Waals surface area contributed by atoms with Crippen LogP contribution in [-0.4, -0.2) is 38.8 Å². The topological polar surface area (TPSA) is 107 Å². The van der Waals surface area contributed by atoms with Crippen LogP contribution < -0.4 is 5.73 Å². The Kier molecular flexibility index (Phi) is 3.64. The Hall–Kier alpha value is -2.00. The van der Waals surface area contributed by atoms with Crippen molar-refractivity contribution >= 4 is 15.8 Å². The number of hydrogen-bond acceptors (Lipinski definition) is 6. The molecule has 0 aromatic carbocycles. The average molecular weight is 336 g/mol. The Balaban J connectivity index is 2.09. The number of nitrogens with zero attached hydrogens (tertiary/aromatic N) is 5. The molecule has 1 atom stereocenters. The van der Waals surface area contributed by atoms with Crippen molar-refractivity contribution in [1.29, 1.82) is 0 Å². The first-order valence-corrected chi connectivity index (χ1v) is 8.80. The molecule has 2 aromatic rings. The highest BCUT2D eigenvalue weighted by Crippen LogP contribution is 2.40. The Bertz CT molecular complexity index is 826. The van der Waals surface area contributed by atoms with E-state index < -0.39 is 15.6 Å². The largest absolute Gasteiger partial charge is 0.384 e. The van der Waals surface area contributed by atoms with Gasteiger partial charge in [0.2, 0.25) is 0 Å². The van der Waals surface area contributed by atoms with Crippen LogP contribution in [0.15, 0.2) is 23.6 Å². The van der Waals surface area contributed by atoms with Crippen LogP contribution in [0.1, 0.15) is 31.3 Å². The maximum Gasteiger partial charge on any atom is 0.262 e. The van der Waals surface area contributed by atoms with Crippen LogP contribution in [-0.2, 0) is 22.6 Å². The van der Waals surface area contributed by atoms with E-state index in [1.165, 1.54) is 16.8 Å². The molecule has 0 amide bonds. The lowest BCUT2D eigenvalue weighted by molar-refractivity contribution is 0.254. The lowest BCUT2D eigenvalue weighted by Crippen LogP contribution is -2.44. The quantitative estimate of drug-likeness (QED) is 0.888. The van der Waals surface area contributed by atoms with Crippen molar-refractivity contribution in [3.05, 3.63) is 30.1 Å². The van der Waals surface area contributed by atoms with Crippen molar-refractivity contribution in [2.24, 2.45) is 7.05 Å². The molecule has 3 heterocycles. The van der Waals surface area contributed by atoms with Gasteiger partial charge in [0.25, 0.3) is 10.0 Å². The van der Waals surface area contributed by atoms with Crippen molar-refractivity contribution in [1.82, 2.24) is 23.8 Å². The second kappa shape index (κ2) is 5.27. The van der Waals surface area contributed by atoms with E-state index >= 15 is 0 Å². The Morgan fingerprint density at radius 2 is 2.09 bits per heavy atom. The van der Waals surface area contributed by atoms with Crippen LogP contribution in [0.3, 0.4) is 0 Å². The first kappa shape index (κ1) is 15.9. The summed E-state index contributed by atoms with van der Waals surface area (Å²) >= 11 is 0. The third-order valence-electron chi connectivity index (χ3n) is 4.17. The summed E-state index contributed by atoms with van der Waals surface area (Å²) in [5.74, 6) is 0.780. The number of rotatable bonds is 3. The predicted octanol–water partition coefficient (Wildman–Crippen LogP) is 0.801. The summed E-state index contributed by atoms with van der Waals surface area (Å²) in [6.45, 7) is 4.07. The summed E-state index contributed by atoms with van der Waals surface area (Å²) in [5, 5.41) is 0.0359. The van der Waals surface area contributed by atoms with E-state index in [2.05, 4.69) is 15.0 Å². The van der Waals surface area contributed by atoms with Gasteiger partial charge in [0.1, 0.15) is 5.82 Å². The Labute approximate surface area is 135 Å². The van der Waals surface area contributed by atoms with Gasteiger partial charge >= 0.3 is 0 Å². The lowest BCUT2D eigenvalue weighted by Gasteiger charge is -2.32. The van der Waals surface area contributed by atoms with E-state index in [-0.39, 0.29) is 5.03 Å². The number of nitrogens with two attached hydrogens (primary N) is 1. The van der Waals surface area contributed by atoms with Crippen LogP contribution in [0.4, 0.5) is 5.82 Å². The summed E-state index contributed by atoms with van der Waals surface area (Å²) in [7, 11) is -1.98. The molecule has 9 heteroatoms. The molecule has 2 aromatic heterocycles. The molecule has 8 nitrogen and oxygen atoms in total. The van der Waals surface area contributed by atoms with Crippen LogP contribution in [0.2, 0.25) is 0 Å². The minimum absolute atomic E-state index is 0.0359. The molecule has 0 saturated carbocycles. The highest BCUT2D eigenvalue weighted by molar-refractivity contribution is 7.89. The van der Waals surface area contributed by atoms with Gasteiger partial charge in [0, 0.05) is 31.5 Å². The molecule has 0 bridgehead atoms. The first-order chi connectivity index (χ1) is 10.7. The second-order valence-electron chi connectivity index (χ2n) is 6.09. The van der Waals surface area contributed by atoms with Crippen molar-refractivity contribution in [3.8, 4) is 0 Å². The molecular weight excluding hydrogens is 316 g/mol. The van der Waals surface area contributed by atoms with Crippen molar-refractivity contribution < 1.29 is 8.42 Å². The fourth-order valence-electron chi connectivity index (χ4n) is 3.02. The molecule has 0 spiro atoms. The molecule has 0 radical (unpaired) electrons. The molecule has 23 heavy (non-hydrogen) atoms. The van der Waals surface area contributed by atoms with Crippen LogP contribution in [0, 0.1) is 6.92 Å². The zero-order valence-corrected chi connectivity index (χ0v) is 14.2. The van der Waals surface area contributed by atoms with Gasteiger partial charge in [-0.05, 0) is 26.7 Å². The second-order valence-corrected chi connectivity index (χ2v) is 7.90. The van der Waals surface area contributed by atoms with Crippen LogP contribution in [0.5, 0.6) is 0 Å². The smallest absolute Gasteiger partial charge is 0.262 e. The van der Waals surface area contributed by atoms with E-state index in [4.69, 9.17) is 5.73 Å². The maximum atomic E-state index is 13.0. The summed E-state index contributed by atoms with van der Waals surface area (Å²) < 4.78 is 29.0. The van der Waals surface area contributed by atoms with Crippen molar-refractivity contribution in [3.63, 3.8) is 0 Å². The molecule has 0 unspecified atom stereocenters. The Morgan fingerprint density at radius 1 is 1.35 bits per heavy atom. The molecule has 2 N–H and O–H groups in total. The molecule has 1 fully saturated rings. The summed E-state index contributed by atoms with van der Waals surface area (Å²) in [5.41, 5.74) is 5.72. The van der Waals surface area contributed by atoms with Gasteiger partial charge in [-0.3, -0.25) is 0 Å². The zero-order chi connectivity index (χ0) is 16.8. The van der Waals surface area contributed by atoms with Gasteiger partial charge in [-0.15, -0.1) is 0 Å². The minimum Gasteiger partial charge on any atom is -0.384 e. The van der Waals surface area contributed by atoms with Gasteiger partial charge in [0.05, 0.1) is 11.9 Å². The normalized spacial score (nSPS) is 22.6. The number of imidazole rings is 1. The van der Waals surface area contributed by atoms with Gasteiger partial charge in [-0.25, -0.2) is 23.4 Å². The molecule has 1 aliphatic heterocycles. The molecule has 3 rings (SSSR count). The van der Waals surface area contributed by atoms with Crippen LogP contribution in [0.25, 0.3) is 0 Å². The molecule has 1 saturated heterocycles. The van der Waals surface area contributed by atoms with Gasteiger partial charge in [0.15, 0.2) is 10.9 Å². The van der Waals surface area contributed by atoms with E-state index in [1.807, 2.05) is 13.8 Å². The number of aromatic nitrogens is 4. The number of aryl methyl sites for hydroxylation is 2. The molecule has 1 aliphatic rings. The summed E-state index contributed by atoms with van der Waals surface area (Å²) in [6.07, 6.45) is 4.35. The number of hydrogen-bond donors (Lipinski definition) is 1. The van der Waals surface area contributed by atoms with Gasteiger partial charge in [-0.1, -0.05) is 0 Å². The average Bonchev–Trinajstić information content (AvgIpc) is 3.05. The van der Waals surface area contributed by atoms with E-state index in [0.29, 0.717) is 24.6 Å². The van der Waals surface area contributed by atoms with Gasteiger partial charge in [-0.2, -0.15) is 4.31 Å². The van der Waals surface area contributed by atoms with Gasteiger partial charge < -0.3 is 10.3 Å². The molecule has 124 valence electrons.